The molecule has 0 saturated carbocycles. The highest BCUT2D eigenvalue weighted by Crippen LogP contribution is 2.29. The maximum absolute atomic E-state index is 13.8. The summed E-state index contributed by atoms with van der Waals surface area (Å²) < 4.78 is 25.4. The molecule has 1 N–H and O–H groups in total. The zero-order valence-electron chi connectivity index (χ0n) is 15.8. The van der Waals surface area contributed by atoms with Crippen LogP contribution in [0.3, 0.4) is 0 Å². The molecule has 4 rings (SSSR count). The van der Waals surface area contributed by atoms with Crippen LogP contribution in [0.5, 0.6) is 11.5 Å². The average molecular weight is 421 g/mol. The van der Waals surface area contributed by atoms with Crippen molar-refractivity contribution in [3.8, 4) is 11.5 Å². The van der Waals surface area contributed by atoms with Gasteiger partial charge < -0.3 is 9.47 Å². The molecule has 0 aliphatic heterocycles. The van der Waals surface area contributed by atoms with E-state index >= 15 is 0 Å². The standard InChI is InChI=1S/C22H16FN3O3S/c1-28-19-12-14(13-24-26-22-25-17-8-4-5-9-20(17)30-22)10-11-18(19)29-21(27)15-6-2-3-7-16(15)23/h2-13H,1H3,(H,25,26)/b24-13-. The molecule has 0 aliphatic rings. The molecule has 3 aromatic carbocycles. The van der Waals surface area contributed by atoms with Gasteiger partial charge in [-0.1, -0.05) is 35.6 Å². The Kier molecular flexibility index (Phi) is 5.67. The molecule has 0 saturated heterocycles. The minimum Gasteiger partial charge on any atom is -0.493 e. The quantitative estimate of drug-likeness (QED) is 0.203. The van der Waals surface area contributed by atoms with Crippen LogP contribution < -0.4 is 14.9 Å². The summed E-state index contributed by atoms with van der Waals surface area (Å²) in [7, 11) is 1.45. The Labute approximate surface area is 175 Å². The fourth-order valence-corrected chi connectivity index (χ4v) is 3.53. The molecule has 0 radical (unpaired) electrons. The summed E-state index contributed by atoms with van der Waals surface area (Å²) >= 11 is 1.50. The molecule has 0 amide bonds. The number of halogens is 1. The van der Waals surface area contributed by atoms with E-state index in [0.29, 0.717) is 16.4 Å². The second-order valence-electron chi connectivity index (χ2n) is 6.14. The number of hydrazone groups is 1. The predicted octanol–water partition coefficient (Wildman–Crippen LogP) is 5.11. The summed E-state index contributed by atoms with van der Waals surface area (Å²) in [6, 6.07) is 18.4. The number of anilines is 1. The van der Waals surface area contributed by atoms with Gasteiger partial charge >= 0.3 is 5.97 Å². The molecule has 1 aromatic heterocycles. The van der Waals surface area contributed by atoms with Crippen molar-refractivity contribution < 1.29 is 18.7 Å². The molecule has 0 bridgehead atoms. The number of carbonyl (C=O) groups is 1. The number of ether oxygens (including phenoxy) is 2. The Hall–Kier alpha value is -3.78. The van der Waals surface area contributed by atoms with E-state index in [1.807, 2.05) is 24.3 Å². The summed E-state index contributed by atoms with van der Waals surface area (Å²) in [5, 5.41) is 4.87. The number of esters is 1. The molecule has 1 heterocycles. The van der Waals surface area contributed by atoms with Crippen LogP contribution in [-0.4, -0.2) is 24.3 Å². The Morgan fingerprint density at radius 2 is 1.90 bits per heavy atom. The highest BCUT2D eigenvalue weighted by Gasteiger charge is 2.16. The Balaban J connectivity index is 1.47. The number of para-hydroxylation sites is 1. The molecular weight excluding hydrogens is 405 g/mol. The van der Waals surface area contributed by atoms with E-state index < -0.39 is 11.8 Å². The maximum atomic E-state index is 13.8. The third-order valence-electron chi connectivity index (χ3n) is 4.15. The van der Waals surface area contributed by atoms with Crippen LogP contribution in [0.4, 0.5) is 9.52 Å². The van der Waals surface area contributed by atoms with Gasteiger partial charge in [-0.15, -0.1) is 0 Å². The van der Waals surface area contributed by atoms with E-state index in [1.165, 1.54) is 36.6 Å². The van der Waals surface area contributed by atoms with Gasteiger partial charge in [0.15, 0.2) is 11.5 Å². The van der Waals surface area contributed by atoms with Crippen molar-refractivity contribution in [2.24, 2.45) is 5.10 Å². The lowest BCUT2D eigenvalue weighted by Gasteiger charge is -2.10. The minimum absolute atomic E-state index is 0.148. The lowest BCUT2D eigenvalue weighted by molar-refractivity contribution is 0.0725. The fourth-order valence-electron chi connectivity index (χ4n) is 2.71. The summed E-state index contributed by atoms with van der Waals surface area (Å²) in [5.41, 5.74) is 4.38. The minimum atomic E-state index is -0.801. The Morgan fingerprint density at radius 1 is 1.10 bits per heavy atom. The van der Waals surface area contributed by atoms with Gasteiger partial charge in [0.1, 0.15) is 5.82 Å². The maximum Gasteiger partial charge on any atom is 0.346 e. The number of aromatic nitrogens is 1. The third kappa shape index (κ3) is 4.28. The van der Waals surface area contributed by atoms with Crippen LogP contribution in [0.15, 0.2) is 71.8 Å². The number of carbonyl (C=O) groups excluding carboxylic acids is 1. The average Bonchev–Trinajstić information content (AvgIpc) is 3.17. The number of nitrogens with zero attached hydrogens (tertiary/aromatic N) is 2. The van der Waals surface area contributed by atoms with Gasteiger partial charge in [-0.25, -0.2) is 14.2 Å². The molecular formula is C22H16FN3O3S. The number of hydrogen-bond acceptors (Lipinski definition) is 7. The molecule has 150 valence electrons. The van der Waals surface area contributed by atoms with Gasteiger partial charge in [-0.2, -0.15) is 5.10 Å². The van der Waals surface area contributed by atoms with Crippen molar-refractivity contribution in [1.82, 2.24) is 4.98 Å². The highest BCUT2D eigenvalue weighted by atomic mass is 32.1. The number of methoxy groups -OCH3 is 1. The number of fused-ring (bicyclic) bond motifs is 1. The zero-order chi connectivity index (χ0) is 20.9. The molecule has 30 heavy (non-hydrogen) atoms. The van der Waals surface area contributed by atoms with Crippen LogP contribution in [0.1, 0.15) is 15.9 Å². The van der Waals surface area contributed by atoms with Crippen LogP contribution in [0, 0.1) is 5.82 Å². The van der Waals surface area contributed by atoms with Crippen molar-refractivity contribution in [3.63, 3.8) is 0 Å². The topological polar surface area (TPSA) is 72.8 Å². The molecule has 6 nitrogen and oxygen atoms in total. The van der Waals surface area contributed by atoms with Gasteiger partial charge in [-0.3, -0.25) is 5.43 Å². The van der Waals surface area contributed by atoms with Gasteiger partial charge in [0.25, 0.3) is 0 Å². The molecule has 4 aromatic rings. The Bertz CT molecular complexity index is 1210. The van der Waals surface area contributed by atoms with E-state index in [0.717, 1.165) is 10.2 Å². The molecule has 0 atom stereocenters. The zero-order valence-corrected chi connectivity index (χ0v) is 16.7. The van der Waals surface area contributed by atoms with Crippen LogP contribution in [0.2, 0.25) is 0 Å². The van der Waals surface area contributed by atoms with E-state index in [1.54, 1.807) is 30.5 Å². The molecule has 0 spiro atoms. The summed E-state index contributed by atoms with van der Waals surface area (Å²) in [6.45, 7) is 0. The summed E-state index contributed by atoms with van der Waals surface area (Å²) in [4.78, 5) is 16.7. The van der Waals surface area contributed by atoms with Crippen LogP contribution >= 0.6 is 11.3 Å². The predicted molar refractivity (Wildman–Crippen MR) is 115 cm³/mol. The molecule has 0 aliphatic carbocycles. The second-order valence-corrected chi connectivity index (χ2v) is 7.17. The number of thiazole rings is 1. The van der Waals surface area contributed by atoms with E-state index in [2.05, 4.69) is 15.5 Å². The van der Waals surface area contributed by atoms with Gasteiger partial charge in [0, 0.05) is 0 Å². The van der Waals surface area contributed by atoms with Gasteiger partial charge in [0.2, 0.25) is 5.13 Å². The van der Waals surface area contributed by atoms with Gasteiger partial charge in [0.05, 0.1) is 29.1 Å². The smallest absolute Gasteiger partial charge is 0.346 e. The van der Waals surface area contributed by atoms with Crippen LogP contribution in [0.25, 0.3) is 10.2 Å². The van der Waals surface area contributed by atoms with Crippen molar-refractivity contribution in [1.29, 1.82) is 0 Å². The van der Waals surface area contributed by atoms with Crippen molar-refractivity contribution in [2.75, 3.05) is 12.5 Å². The van der Waals surface area contributed by atoms with Crippen LogP contribution in [-0.2, 0) is 0 Å². The highest BCUT2D eigenvalue weighted by molar-refractivity contribution is 7.22. The Morgan fingerprint density at radius 3 is 2.70 bits per heavy atom. The van der Waals surface area contributed by atoms with Crippen molar-refractivity contribution in [2.45, 2.75) is 0 Å². The third-order valence-corrected chi connectivity index (χ3v) is 5.09. The number of rotatable bonds is 6. The number of nitrogens with one attached hydrogen (secondary N) is 1. The van der Waals surface area contributed by atoms with E-state index in [4.69, 9.17) is 9.47 Å². The first-order valence-electron chi connectivity index (χ1n) is 8.93. The summed E-state index contributed by atoms with van der Waals surface area (Å²) in [6.07, 6.45) is 1.59. The molecule has 8 heteroatoms. The molecule has 0 fully saturated rings. The van der Waals surface area contributed by atoms with Crippen molar-refractivity contribution in [3.05, 3.63) is 83.7 Å². The lowest BCUT2D eigenvalue weighted by Crippen LogP contribution is -2.11. The SMILES string of the molecule is COc1cc(/C=N\Nc2nc3ccccc3s2)ccc1OC(=O)c1ccccc1F. The lowest BCUT2D eigenvalue weighted by atomic mass is 10.2. The first-order valence-corrected chi connectivity index (χ1v) is 9.75. The first-order chi connectivity index (χ1) is 14.6. The number of benzene rings is 3. The fraction of sp³-hybridized carbons (Fsp3) is 0.0455. The van der Waals surface area contributed by atoms with E-state index in [9.17, 15) is 9.18 Å². The van der Waals surface area contributed by atoms with Crippen molar-refractivity contribution >= 4 is 38.9 Å². The largest absolute Gasteiger partial charge is 0.493 e. The molecule has 0 unspecified atom stereocenters. The van der Waals surface area contributed by atoms with Gasteiger partial charge in [-0.05, 0) is 48.0 Å². The van der Waals surface area contributed by atoms with E-state index in [-0.39, 0.29) is 11.3 Å². The second kappa shape index (κ2) is 8.71. The summed E-state index contributed by atoms with van der Waals surface area (Å²) in [5.74, 6) is -0.942. The number of hydrogen-bond donors (Lipinski definition) is 1. The first kappa shape index (κ1) is 19.5. The monoisotopic (exact) mass is 421 g/mol. The normalized spacial score (nSPS) is 11.0.